The molecule has 0 saturated carbocycles. The van der Waals surface area contributed by atoms with Gasteiger partial charge in [0.1, 0.15) is 6.61 Å². The predicted octanol–water partition coefficient (Wildman–Crippen LogP) is 2.05. The number of carbonyl (C=O) groups excluding carboxylic acids is 1. The van der Waals surface area contributed by atoms with Crippen LogP contribution in [0.25, 0.3) is 0 Å². The molecule has 2 aromatic rings. The molecule has 0 aliphatic carbocycles. The van der Waals surface area contributed by atoms with Gasteiger partial charge < -0.3 is 5.11 Å². The van der Waals surface area contributed by atoms with Gasteiger partial charge in [-0.1, -0.05) is 24.0 Å². The van der Waals surface area contributed by atoms with Crippen LogP contribution in [0.4, 0.5) is 5.13 Å². The molecule has 0 spiro atoms. The second-order valence-corrected chi connectivity index (χ2v) is 4.97. The van der Waals surface area contributed by atoms with Gasteiger partial charge in [-0.3, -0.25) is 10.1 Å². The minimum absolute atomic E-state index is 0.234. The van der Waals surface area contributed by atoms with Crippen LogP contribution in [0.3, 0.4) is 0 Å². The molecule has 1 heterocycles. The lowest BCUT2D eigenvalue weighted by Gasteiger charge is -2.03. The normalized spacial score (nSPS) is 9.58. The van der Waals surface area contributed by atoms with Gasteiger partial charge in [-0.15, -0.1) is 11.3 Å². The van der Waals surface area contributed by atoms with E-state index in [0.717, 1.165) is 4.88 Å². The second kappa shape index (κ2) is 6.14. The van der Waals surface area contributed by atoms with E-state index in [0.29, 0.717) is 16.3 Å². The zero-order valence-corrected chi connectivity index (χ0v) is 11.1. The molecule has 0 saturated heterocycles. The fourth-order valence-corrected chi connectivity index (χ4v) is 2.16. The molecule has 0 bridgehead atoms. The molecule has 2 N–H and O–H groups in total. The molecule has 0 atom stereocenters. The van der Waals surface area contributed by atoms with E-state index in [2.05, 4.69) is 22.1 Å². The molecule has 4 nitrogen and oxygen atoms in total. The third-order valence-electron chi connectivity index (χ3n) is 2.32. The van der Waals surface area contributed by atoms with Crippen molar-refractivity contribution in [3.05, 3.63) is 46.5 Å². The SMILES string of the molecule is Cc1cnc(NC(=O)c2ccccc2C#CCO)s1. The van der Waals surface area contributed by atoms with Gasteiger partial charge >= 0.3 is 0 Å². The highest BCUT2D eigenvalue weighted by molar-refractivity contribution is 7.15. The van der Waals surface area contributed by atoms with Crippen molar-refractivity contribution < 1.29 is 9.90 Å². The van der Waals surface area contributed by atoms with E-state index in [1.807, 2.05) is 6.92 Å². The number of benzene rings is 1. The number of thiazole rings is 1. The van der Waals surface area contributed by atoms with E-state index in [1.165, 1.54) is 11.3 Å². The van der Waals surface area contributed by atoms with E-state index in [-0.39, 0.29) is 12.5 Å². The van der Waals surface area contributed by atoms with E-state index in [9.17, 15) is 4.79 Å². The molecule has 0 radical (unpaired) electrons. The Morgan fingerprint density at radius 2 is 2.26 bits per heavy atom. The first-order valence-corrected chi connectivity index (χ1v) is 6.45. The third-order valence-corrected chi connectivity index (χ3v) is 3.14. The van der Waals surface area contributed by atoms with Crippen molar-refractivity contribution in [1.82, 2.24) is 4.98 Å². The lowest BCUT2D eigenvalue weighted by atomic mass is 10.1. The van der Waals surface area contributed by atoms with Crippen LogP contribution in [0.1, 0.15) is 20.8 Å². The van der Waals surface area contributed by atoms with Crippen molar-refractivity contribution in [3.63, 3.8) is 0 Å². The summed E-state index contributed by atoms with van der Waals surface area (Å²) in [5.74, 6) is 5.04. The zero-order valence-electron chi connectivity index (χ0n) is 10.3. The summed E-state index contributed by atoms with van der Waals surface area (Å²) in [4.78, 5) is 17.2. The lowest BCUT2D eigenvalue weighted by molar-refractivity contribution is 0.102. The van der Waals surface area contributed by atoms with Gasteiger partial charge in [0, 0.05) is 16.6 Å². The Morgan fingerprint density at radius 1 is 1.47 bits per heavy atom. The Morgan fingerprint density at radius 3 is 2.95 bits per heavy atom. The maximum Gasteiger partial charge on any atom is 0.258 e. The smallest absolute Gasteiger partial charge is 0.258 e. The predicted molar refractivity (Wildman–Crippen MR) is 75.2 cm³/mol. The number of aliphatic hydroxyl groups excluding tert-OH is 1. The first-order valence-electron chi connectivity index (χ1n) is 5.63. The Hall–Kier alpha value is -2.16. The number of nitrogens with one attached hydrogen (secondary N) is 1. The van der Waals surface area contributed by atoms with Crippen LogP contribution in [0.15, 0.2) is 30.5 Å². The average molecular weight is 272 g/mol. The summed E-state index contributed by atoms with van der Waals surface area (Å²) in [5, 5.41) is 12.0. The summed E-state index contributed by atoms with van der Waals surface area (Å²) < 4.78 is 0. The summed E-state index contributed by atoms with van der Waals surface area (Å²) in [6, 6.07) is 7.00. The number of amides is 1. The van der Waals surface area contributed by atoms with Crippen molar-refractivity contribution >= 4 is 22.4 Å². The quantitative estimate of drug-likeness (QED) is 0.822. The van der Waals surface area contributed by atoms with Crippen LogP contribution in [0, 0.1) is 18.8 Å². The largest absolute Gasteiger partial charge is 0.384 e. The number of carbonyl (C=O) groups is 1. The number of aryl methyl sites for hydroxylation is 1. The number of aliphatic hydroxyl groups is 1. The highest BCUT2D eigenvalue weighted by Gasteiger charge is 2.11. The van der Waals surface area contributed by atoms with E-state index < -0.39 is 0 Å². The number of hydrogen-bond donors (Lipinski definition) is 2. The Balaban J connectivity index is 2.23. The topological polar surface area (TPSA) is 62.2 Å². The minimum atomic E-state index is -0.253. The summed E-state index contributed by atoms with van der Waals surface area (Å²) >= 11 is 1.42. The Bertz CT molecular complexity index is 653. The summed E-state index contributed by atoms with van der Waals surface area (Å²) in [5.41, 5.74) is 1.05. The van der Waals surface area contributed by atoms with Gasteiger partial charge in [0.25, 0.3) is 5.91 Å². The van der Waals surface area contributed by atoms with Crippen molar-refractivity contribution in [2.45, 2.75) is 6.92 Å². The van der Waals surface area contributed by atoms with Crippen molar-refractivity contribution in [1.29, 1.82) is 0 Å². The Labute approximate surface area is 115 Å². The van der Waals surface area contributed by atoms with Crippen LogP contribution in [-0.4, -0.2) is 22.6 Å². The maximum atomic E-state index is 12.1. The first kappa shape index (κ1) is 13.3. The molecule has 0 aliphatic heterocycles. The van der Waals surface area contributed by atoms with Crippen LogP contribution >= 0.6 is 11.3 Å². The highest BCUT2D eigenvalue weighted by Crippen LogP contribution is 2.18. The molecule has 0 aliphatic rings. The van der Waals surface area contributed by atoms with Crippen LogP contribution in [0.2, 0.25) is 0 Å². The highest BCUT2D eigenvalue weighted by atomic mass is 32.1. The van der Waals surface area contributed by atoms with Gasteiger partial charge in [0.15, 0.2) is 5.13 Å². The Kier molecular flexibility index (Phi) is 4.29. The van der Waals surface area contributed by atoms with E-state index in [1.54, 1.807) is 30.5 Å². The van der Waals surface area contributed by atoms with E-state index in [4.69, 9.17) is 5.11 Å². The van der Waals surface area contributed by atoms with Crippen molar-refractivity contribution in [2.75, 3.05) is 11.9 Å². The number of nitrogens with zero attached hydrogens (tertiary/aromatic N) is 1. The lowest BCUT2D eigenvalue weighted by Crippen LogP contribution is -2.13. The van der Waals surface area contributed by atoms with Crippen LogP contribution in [-0.2, 0) is 0 Å². The number of anilines is 1. The fraction of sp³-hybridized carbons (Fsp3) is 0.143. The molecule has 0 fully saturated rings. The molecule has 2 rings (SSSR count). The van der Waals surface area contributed by atoms with Gasteiger partial charge in [-0.2, -0.15) is 0 Å². The summed E-state index contributed by atoms with van der Waals surface area (Å²) in [6.07, 6.45) is 1.71. The standard InChI is InChI=1S/C14H12N2O2S/c1-10-9-15-14(19-10)16-13(18)12-7-3-2-5-11(12)6-4-8-17/h2-3,5,7,9,17H,8H2,1H3,(H,15,16,18). The van der Waals surface area contributed by atoms with Crippen molar-refractivity contribution in [3.8, 4) is 11.8 Å². The number of rotatable bonds is 2. The van der Waals surface area contributed by atoms with Gasteiger partial charge in [-0.05, 0) is 19.1 Å². The van der Waals surface area contributed by atoms with Crippen LogP contribution in [0.5, 0.6) is 0 Å². The average Bonchev–Trinajstić information content (AvgIpc) is 2.82. The molecule has 96 valence electrons. The molecule has 1 aromatic carbocycles. The van der Waals surface area contributed by atoms with Gasteiger partial charge in [-0.25, -0.2) is 4.98 Å². The molecule has 1 amide bonds. The van der Waals surface area contributed by atoms with Gasteiger partial charge in [0.05, 0.1) is 5.56 Å². The molecule has 19 heavy (non-hydrogen) atoms. The molecule has 1 aromatic heterocycles. The maximum absolute atomic E-state index is 12.1. The second-order valence-electron chi connectivity index (χ2n) is 3.74. The van der Waals surface area contributed by atoms with E-state index >= 15 is 0 Å². The molecular weight excluding hydrogens is 260 g/mol. The molecular formula is C14H12N2O2S. The van der Waals surface area contributed by atoms with Crippen molar-refractivity contribution in [2.24, 2.45) is 0 Å². The minimum Gasteiger partial charge on any atom is -0.384 e. The fourth-order valence-electron chi connectivity index (χ4n) is 1.50. The summed E-state index contributed by atoms with van der Waals surface area (Å²) in [6.45, 7) is 1.69. The first-order chi connectivity index (χ1) is 9.20. The number of aromatic nitrogens is 1. The number of hydrogen-bond acceptors (Lipinski definition) is 4. The third kappa shape index (κ3) is 3.41. The van der Waals surface area contributed by atoms with Gasteiger partial charge in [0.2, 0.25) is 0 Å². The summed E-state index contributed by atoms with van der Waals surface area (Å²) in [7, 11) is 0. The molecule has 5 heteroatoms. The zero-order chi connectivity index (χ0) is 13.7. The molecule has 0 unspecified atom stereocenters. The monoisotopic (exact) mass is 272 g/mol. The van der Waals surface area contributed by atoms with Crippen LogP contribution < -0.4 is 5.32 Å².